The maximum Gasteiger partial charge on any atom is 0.0954 e. The zero-order valence-electron chi connectivity index (χ0n) is 10.7. The van der Waals surface area contributed by atoms with E-state index in [0.29, 0.717) is 12.5 Å². The summed E-state index contributed by atoms with van der Waals surface area (Å²) in [7, 11) is 0. The molecule has 3 nitrogen and oxygen atoms in total. The first-order valence-electron chi connectivity index (χ1n) is 5.70. The van der Waals surface area contributed by atoms with E-state index in [0.717, 1.165) is 5.69 Å². The van der Waals surface area contributed by atoms with E-state index >= 15 is 0 Å². The maximum atomic E-state index is 9.57. The molecule has 0 fully saturated rings. The molecule has 0 radical (unpaired) electrons. The third-order valence-corrected chi connectivity index (χ3v) is 4.03. The van der Waals surface area contributed by atoms with Gasteiger partial charge in [0, 0.05) is 23.4 Å². The molecule has 1 atom stereocenters. The number of rotatable bonds is 5. The van der Waals surface area contributed by atoms with Gasteiger partial charge in [-0.1, -0.05) is 13.8 Å². The van der Waals surface area contributed by atoms with Crippen LogP contribution in [-0.4, -0.2) is 21.7 Å². The summed E-state index contributed by atoms with van der Waals surface area (Å²) in [5.41, 5.74) is 0.782. The second kappa shape index (κ2) is 5.25. The maximum absolute atomic E-state index is 9.57. The van der Waals surface area contributed by atoms with Gasteiger partial charge in [0.25, 0.3) is 0 Å². The van der Waals surface area contributed by atoms with Crippen molar-refractivity contribution in [3.63, 3.8) is 0 Å². The zero-order valence-corrected chi connectivity index (χ0v) is 11.6. The molecule has 92 valence electrons. The lowest BCUT2D eigenvalue weighted by Gasteiger charge is -2.29. The second-order valence-corrected chi connectivity index (χ2v) is 5.97. The molecule has 1 heterocycles. The van der Waals surface area contributed by atoms with Crippen LogP contribution in [0.15, 0.2) is 5.38 Å². The fourth-order valence-corrected chi connectivity index (χ4v) is 1.97. The largest absolute Gasteiger partial charge is 0.392 e. The number of thiazole rings is 1. The molecular weight excluding hydrogens is 220 g/mol. The number of nitrogens with zero attached hydrogens (tertiary/aromatic N) is 1. The number of hydrogen-bond donors (Lipinski definition) is 2. The Kier molecular flexibility index (Phi) is 4.47. The van der Waals surface area contributed by atoms with E-state index < -0.39 is 0 Å². The predicted octanol–water partition coefficient (Wildman–Crippen LogP) is 2.52. The molecule has 1 rings (SSSR count). The van der Waals surface area contributed by atoms with Crippen molar-refractivity contribution in [3.8, 4) is 0 Å². The molecule has 0 bridgehead atoms. The van der Waals surface area contributed by atoms with Gasteiger partial charge >= 0.3 is 0 Å². The van der Waals surface area contributed by atoms with Gasteiger partial charge < -0.3 is 10.4 Å². The Bertz CT molecular complexity index is 332. The molecule has 0 amide bonds. The van der Waals surface area contributed by atoms with E-state index in [-0.39, 0.29) is 11.6 Å². The van der Waals surface area contributed by atoms with Crippen LogP contribution in [0, 0.1) is 0 Å². The molecule has 1 aromatic heterocycles. The SMILES string of the molecule is CC(C)c1nc(CNC(C)(C)C(C)O)cs1. The molecule has 0 aliphatic heterocycles. The quantitative estimate of drug-likeness (QED) is 0.834. The summed E-state index contributed by atoms with van der Waals surface area (Å²) in [5.74, 6) is 0.489. The highest BCUT2D eigenvalue weighted by atomic mass is 32.1. The number of nitrogens with one attached hydrogen (secondary N) is 1. The zero-order chi connectivity index (χ0) is 12.3. The lowest BCUT2D eigenvalue weighted by Crippen LogP contribution is -2.47. The van der Waals surface area contributed by atoms with Crippen molar-refractivity contribution in [2.75, 3.05) is 0 Å². The summed E-state index contributed by atoms with van der Waals surface area (Å²) in [6.07, 6.45) is -0.379. The average molecular weight is 242 g/mol. The first-order chi connectivity index (χ1) is 7.33. The van der Waals surface area contributed by atoms with Gasteiger partial charge in [0.2, 0.25) is 0 Å². The molecule has 0 saturated heterocycles. The van der Waals surface area contributed by atoms with Crippen LogP contribution in [-0.2, 0) is 6.54 Å². The standard InChI is InChI=1S/C12H22N2OS/c1-8(2)11-14-10(7-16-11)6-13-12(4,5)9(3)15/h7-9,13,15H,6H2,1-5H3. The molecule has 16 heavy (non-hydrogen) atoms. The molecule has 0 aromatic carbocycles. The van der Waals surface area contributed by atoms with Crippen molar-refractivity contribution in [1.29, 1.82) is 0 Å². The molecule has 0 saturated carbocycles. The van der Waals surface area contributed by atoms with Gasteiger partial charge in [0.15, 0.2) is 0 Å². The van der Waals surface area contributed by atoms with Crippen LogP contribution in [0.3, 0.4) is 0 Å². The van der Waals surface area contributed by atoms with Crippen molar-refractivity contribution in [2.45, 2.75) is 58.7 Å². The van der Waals surface area contributed by atoms with E-state index in [4.69, 9.17) is 0 Å². The molecule has 0 spiro atoms. The highest BCUT2D eigenvalue weighted by Gasteiger charge is 2.23. The van der Waals surface area contributed by atoms with Gasteiger partial charge in [-0.25, -0.2) is 4.98 Å². The van der Waals surface area contributed by atoms with E-state index in [9.17, 15) is 5.11 Å². The first kappa shape index (κ1) is 13.6. The highest BCUT2D eigenvalue weighted by molar-refractivity contribution is 7.09. The number of hydrogen-bond acceptors (Lipinski definition) is 4. The van der Waals surface area contributed by atoms with Crippen LogP contribution in [0.2, 0.25) is 0 Å². The fraction of sp³-hybridized carbons (Fsp3) is 0.750. The summed E-state index contributed by atoms with van der Waals surface area (Å²) < 4.78 is 0. The van der Waals surface area contributed by atoms with Gasteiger partial charge in [-0.2, -0.15) is 0 Å². The Morgan fingerprint density at radius 3 is 2.50 bits per heavy atom. The topological polar surface area (TPSA) is 45.2 Å². The van der Waals surface area contributed by atoms with E-state index in [1.165, 1.54) is 5.01 Å². The molecule has 1 aromatic rings. The Labute approximate surface area is 102 Å². The molecule has 4 heteroatoms. The van der Waals surface area contributed by atoms with Gasteiger partial charge in [-0.15, -0.1) is 11.3 Å². The smallest absolute Gasteiger partial charge is 0.0954 e. The van der Waals surface area contributed by atoms with Crippen molar-refractivity contribution in [3.05, 3.63) is 16.1 Å². The minimum absolute atomic E-state index is 0.276. The van der Waals surface area contributed by atoms with Crippen molar-refractivity contribution in [2.24, 2.45) is 0 Å². The third-order valence-electron chi connectivity index (χ3n) is 2.83. The third kappa shape index (κ3) is 3.54. The summed E-state index contributed by atoms with van der Waals surface area (Å²) >= 11 is 1.70. The van der Waals surface area contributed by atoms with Gasteiger partial charge in [0.1, 0.15) is 0 Å². The summed E-state index contributed by atoms with van der Waals surface area (Å²) in [6.45, 7) is 10.8. The van der Waals surface area contributed by atoms with Crippen LogP contribution in [0.1, 0.15) is 51.2 Å². The molecule has 0 aliphatic rings. The molecular formula is C12H22N2OS. The minimum atomic E-state index is -0.379. The predicted molar refractivity (Wildman–Crippen MR) is 68.8 cm³/mol. The lowest BCUT2D eigenvalue weighted by molar-refractivity contribution is 0.0954. The van der Waals surface area contributed by atoms with Crippen molar-refractivity contribution >= 4 is 11.3 Å². The summed E-state index contributed by atoms with van der Waals surface area (Å²) in [4.78, 5) is 4.55. The number of aromatic nitrogens is 1. The van der Waals surface area contributed by atoms with Crippen molar-refractivity contribution in [1.82, 2.24) is 10.3 Å². The summed E-state index contributed by atoms with van der Waals surface area (Å²) in [5, 5.41) is 16.1. The highest BCUT2D eigenvalue weighted by Crippen LogP contribution is 2.19. The van der Waals surface area contributed by atoms with Crippen LogP contribution >= 0.6 is 11.3 Å². The van der Waals surface area contributed by atoms with Gasteiger partial charge in [0.05, 0.1) is 16.8 Å². The monoisotopic (exact) mass is 242 g/mol. The molecule has 2 N–H and O–H groups in total. The van der Waals surface area contributed by atoms with Gasteiger partial charge in [-0.3, -0.25) is 0 Å². The fourth-order valence-electron chi connectivity index (χ4n) is 1.14. The van der Waals surface area contributed by atoms with Crippen LogP contribution in [0.5, 0.6) is 0 Å². The minimum Gasteiger partial charge on any atom is -0.392 e. The van der Waals surface area contributed by atoms with Gasteiger partial charge in [-0.05, 0) is 20.8 Å². The Hall–Kier alpha value is -0.450. The average Bonchev–Trinajstić information content (AvgIpc) is 2.63. The Morgan fingerprint density at radius 1 is 1.44 bits per heavy atom. The second-order valence-electron chi connectivity index (χ2n) is 5.08. The number of aliphatic hydroxyl groups excluding tert-OH is 1. The summed E-state index contributed by atoms with van der Waals surface area (Å²) in [6, 6.07) is 0. The van der Waals surface area contributed by atoms with E-state index in [2.05, 4.69) is 29.5 Å². The van der Waals surface area contributed by atoms with E-state index in [1.54, 1.807) is 18.3 Å². The first-order valence-corrected chi connectivity index (χ1v) is 6.58. The Balaban J connectivity index is 2.55. The van der Waals surface area contributed by atoms with Crippen molar-refractivity contribution < 1.29 is 5.11 Å². The van der Waals surface area contributed by atoms with Crippen LogP contribution in [0.4, 0.5) is 0 Å². The Morgan fingerprint density at radius 2 is 2.06 bits per heavy atom. The van der Waals surface area contributed by atoms with E-state index in [1.807, 2.05) is 13.8 Å². The normalized spacial score (nSPS) is 14.4. The van der Waals surface area contributed by atoms with Crippen LogP contribution < -0.4 is 5.32 Å². The lowest BCUT2D eigenvalue weighted by atomic mass is 9.99. The number of aliphatic hydroxyl groups is 1. The molecule has 1 unspecified atom stereocenters. The molecule has 0 aliphatic carbocycles. The van der Waals surface area contributed by atoms with Crippen LogP contribution in [0.25, 0.3) is 0 Å².